The van der Waals surface area contributed by atoms with Crippen LogP contribution >= 0.6 is 12.2 Å². The second-order valence-electron chi connectivity index (χ2n) is 5.93. The highest BCUT2D eigenvalue weighted by atomic mass is 32.1. The second-order valence-corrected chi connectivity index (χ2v) is 6.31. The number of hydrogen-bond donors (Lipinski definition) is 1. The smallest absolute Gasteiger partial charge is 0.281 e. The molecule has 0 aromatic heterocycles. The number of carbonyl (C=O) groups excluding carboxylic acids is 1. The van der Waals surface area contributed by atoms with E-state index in [2.05, 4.69) is 5.32 Å². The average molecular weight is 384 g/mol. The van der Waals surface area contributed by atoms with Gasteiger partial charge >= 0.3 is 0 Å². The Bertz CT molecular complexity index is 914. The van der Waals surface area contributed by atoms with Crippen LogP contribution in [0.25, 0.3) is 6.08 Å². The zero-order chi connectivity index (χ0) is 19.6. The van der Waals surface area contributed by atoms with Crippen molar-refractivity contribution in [1.29, 1.82) is 0 Å². The van der Waals surface area contributed by atoms with Gasteiger partial charge in [-0.2, -0.15) is 0 Å². The first-order valence-electron chi connectivity index (χ1n) is 8.22. The van der Waals surface area contributed by atoms with Crippen molar-refractivity contribution in [2.75, 3.05) is 26.2 Å². The molecular formula is C20H20N2O4S. The molecule has 3 rings (SSSR count). The molecule has 1 N–H and O–H groups in total. The molecule has 0 atom stereocenters. The number of nitrogens with zero attached hydrogens (tertiary/aromatic N) is 1. The predicted octanol–water partition coefficient (Wildman–Crippen LogP) is 3.28. The van der Waals surface area contributed by atoms with Crippen LogP contribution < -0.4 is 24.4 Å². The molecule has 1 aliphatic rings. The van der Waals surface area contributed by atoms with Gasteiger partial charge in [-0.1, -0.05) is 12.1 Å². The summed E-state index contributed by atoms with van der Waals surface area (Å²) in [6.45, 7) is 1.97. The molecule has 0 unspecified atom stereocenters. The van der Waals surface area contributed by atoms with Crippen LogP contribution in [0.5, 0.6) is 17.2 Å². The second kappa shape index (κ2) is 7.67. The van der Waals surface area contributed by atoms with Crippen molar-refractivity contribution in [2.45, 2.75) is 6.92 Å². The molecule has 0 aliphatic carbocycles. The molecule has 27 heavy (non-hydrogen) atoms. The summed E-state index contributed by atoms with van der Waals surface area (Å²) < 4.78 is 16.0. The highest BCUT2D eigenvalue weighted by Gasteiger charge is 2.32. The van der Waals surface area contributed by atoms with Gasteiger partial charge in [0.05, 0.1) is 27.0 Å². The van der Waals surface area contributed by atoms with E-state index in [0.29, 0.717) is 33.6 Å². The minimum Gasteiger partial charge on any atom is -0.493 e. The van der Waals surface area contributed by atoms with Crippen molar-refractivity contribution in [3.8, 4) is 17.2 Å². The van der Waals surface area contributed by atoms with E-state index in [4.69, 9.17) is 26.4 Å². The zero-order valence-corrected chi connectivity index (χ0v) is 16.3. The molecule has 140 valence electrons. The molecule has 1 aliphatic heterocycles. The molecule has 1 fully saturated rings. The number of rotatable bonds is 5. The van der Waals surface area contributed by atoms with E-state index in [1.165, 1.54) is 4.90 Å². The molecule has 0 radical (unpaired) electrons. The number of nitrogens with one attached hydrogen (secondary N) is 1. The number of aryl methyl sites for hydroxylation is 1. The first kappa shape index (κ1) is 18.7. The Kier molecular flexibility index (Phi) is 5.32. The Morgan fingerprint density at radius 2 is 1.70 bits per heavy atom. The molecule has 6 nitrogen and oxygen atoms in total. The van der Waals surface area contributed by atoms with Crippen LogP contribution in [0.3, 0.4) is 0 Å². The molecule has 1 saturated heterocycles. The quantitative estimate of drug-likeness (QED) is 0.631. The van der Waals surface area contributed by atoms with E-state index in [9.17, 15) is 4.79 Å². The molecule has 1 heterocycles. The van der Waals surface area contributed by atoms with Gasteiger partial charge < -0.3 is 19.5 Å². The topological polar surface area (TPSA) is 60.0 Å². The third-order valence-electron chi connectivity index (χ3n) is 4.14. The highest BCUT2D eigenvalue weighted by molar-refractivity contribution is 7.80. The van der Waals surface area contributed by atoms with Crippen LogP contribution in [0.1, 0.15) is 11.1 Å². The summed E-state index contributed by atoms with van der Waals surface area (Å²) in [6.07, 6.45) is 1.70. The van der Waals surface area contributed by atoms with Crippen LogP contribution in [0, 0.1) is 6.92 Å². The van der Waals surface area contributed by atoms with Gasteiger partial charge in [-0.3, -0.25) is 9.69 Å². The van der Waals surface area contributed by atoms with E-state index < -0.39 is 0 Å². The molecule has 7 heteroatoms. The molecule has 0 spiro atoms. The summed E-state index contributed by atoms with van der Waals surface area (Å²) >= 11 is 5.36. The maximum atomic E-state index is 12.9. The van der Waals surface area contributed by atoms with Gasteiger partial charge in [0.2, 0.25) is 5.75 Å². The van der Waals surface area contributed by atoms with E-state index in [1.54, 1.807) is 39.5 Å². The molecule has 0 bridgehead atoms. The Hall–Kier alpha value is -3.06. The Morgan fingerprint density at radius 1 is 1.04 bits per heavy atom. The fourth-order valence-electron chi connectivity index (χ4n) is 2.89. The van der Waals surface area contributed by atoms with E-state index in [-0.39, 0.29) is 5.91 Å². The lowest BCUT2D eigenvalue weighted by atomic mass is 10.1. The van der Waals surface area contributed by atoms with Crippen molar-refractivity contribution in [1.82, 2.24) is 5.32 Å². The third-order valence-corrected chi connectivity index (χ3v) is 4.42. The number of carbonyl (C=O) groups is 1. The molecule has 0 saturated carbocycles. The Morgan fingerprint density at radius 3 is 2.26 bits per heavy atom. The number of ether oxygens (including phenoxy) is 3. The Labute approximate surface area is 163 Å². The number of thiocarbonyl (C=S) groups is 1. The molecule has 1 amide bonds. The number of hydrogen-bond acceptors (Lipinski definition) is 5. The van der Waals surface area contributed by atoms with E-state index in [0.717, 1.165) is 11.3 Å². The van der Waals surface area contributed by atoms with Crippen LogP contribution in [0.15, 0.2) is 42.1 Å². The van der Waals surface area contributed by atoms with E-state index in [1.807, 2.05) is 31.2 Å². The van der Waals surface area contributed by atoms with Crippen LogP contribution in [-0.4, -0.2) is 32.3 Å². The van der Waals surface area contributed by atoms with Crippen molar-refractivity contribution >= 4 is 35.0 Å². The predicted molar refractivity (Wildman–Crippen MR) is 108 cm³/mol. The van der Waals surface area contributed by atoms with Crippen LogP contribution in [0.2, 0.25) is 0 Å². The first-order chi connectivity index (χ1) is 13.0. The molecule has 2 aromatic rings. The SMILES string of the molecule is COc1cc(/C=C2/NC(=S)N(c3cccc(C)c3)C2=O)cc(OC)c1OC. The van der Waals surface area contributed by atoms with Gasteiger partial charge in [0.25, 0.3) is 5.91 Å². The molecular weight excluding hydrogens is 364 g/mol. The number of methoxy groups -OCH3 is 3. The number of amides is 1. The highest BCUT2D eigenvalue weighted by Crippen LogP contribution is 2.39. The fourth-order valence-corrected chi connectivity index (χ4v) is 3.19. The van der Waals surface area contributed by atoms with Crippen molar-refractivity contribution < 1.29 is 19.0 Å². The van der Waals surface area contributed by atoms with Gasteiger partial charge in [0, 0.05) is 0 Å². The largest absolute Gasteiger partial charge is 0.493 e. The van der Waals surface area contributed by atoms with Gasteiger partial charge in [-0.15, -0.1) is 0 Å². The fraction of sp³-hybridized carbons (Fsp3) is 0.200. The van der Waals surface area contributed by atoms with Crippen LogP contribution in [-0.2, 0) is 4.79 Å². The minimum absolute atomic E-state index is 0.223. The summed E-state index contributed by atoms with van der Waals surface area (Å²) in [5.41, 5.74) is 2.86. The zero-order valence-electron chi connectivity index (χ0n) is 15.5. The summed E-state index contributed by atoms with van der Waals surface area (Å²) in [6, 6.07) is 11.1. The standard InChI is InChI=1S/C20H20N2O4S/c1-12-6-5-7-14(8-12)22-19(23)15(21-20(22)27)9-13-10-16(24-2)18(26-4)17(11-13)25-3/h5-11H,1-4H3,(H,21,27)/b15-9+. The Balaban J connectivity index is 1.99. The van der Waals surface area contributed by atoms with Gasteiger partial charge in [-0.25, -0.2) is 0 Å². The van der Waals surface area contributed by atoms with Gasteiger partial charge in [0.1, 0.15) is 5.70 Å². The molecule has 2 aromatic carbocycles. The average Bonchev–Trinajstić information content (AvgIpc) is 2.94. The van der Waals surface area contributed by atoms with E-state index >= 15 is 0 Å². The third kappa shape index (κ3) is 3.59. The summed E-state index contributed by atoms with van der Waals surface area (Å²) in [7, 11) is 4.63. The number of anilines is 1. The number of benzene rings is 2. The first-order valence-corrected chi connectivity index (χ1v) is 8.63. The summed E-state index contributed by atoms with van der Waals surface area (Å²) in [5.74, 6) is 1.28. The van der Waals surface area contributed by atoms with Gasteiger partial charge in [-0.05, 0) is 60.6 Å². The van der Waals surface area contributed by atoms with Crippen molar-refractivity contribution in [2.24, 2.45) is 0 Å². The van der Waals surface area contributed by atoms with Crippen molar-refractivity contribution in [3.63, 3.8) is 0 Å². The summed E-state index contributed by atoms with van der Waals surface area (Å²) in [4.78, 5) is 14.4. The lowest BCUT2D eigenvalue weighted by Crippen LogP contribution is -2.30. The maximum Gasteiger partial charge on any atom is 0.281 e. The normalized spacial score (nSPS) is 15.1. The van der Waals surface area contributed by atoms with Crippen molar-refractivity contribution in [3.05, 3.63) is 53.2 Å². The maximum absolute atomic E-state index is 12.9. The minimum atomic E-state index is -0.223. The summed E-state index contributed by atoms with van der Waals surface area (Å²) in [5, 5.41) is 3.32. The lowest BCUT2D eigenvalue weighted by Gasteiger charge is -2.14. The van der Waals surface area contributed by atoms with Gasteiger partial charge in [0.15, 0.2) is 16.6 Å². The van der Waals surface area contributed by atoms with Crippen LogP contribution in [0.4, 0.5) is 5.69 Å². The lowest BCUT2D eigenvalue weighted by molar-refractivity contribution is -0.113. The monoisotopic (exact) mass is 384 g/mol.